The quantitative estimate of drug-likeness (QED) is 0.839. The van der Waals surface area contributed by atoms with Crippen LogP contribution < -0.4 is 9.83 Å². The summed E-state index contributed by atoms with van der Waals surface area (Å²) in [6.45, 7) is 7.09. The molecule has 1 N–H and O–H groups in total. The molecule has 1 aromatic carbocycles. The van der Waals surface area contributed by atoms with Crippen LogP contribution in [0.15, 0.2) is 23.1 Å². The van der Waals surface area contributed by atoms with Crippen LogP contribution in [0.5, 0.6) is 0 Å². The van der Waals surface area contributed by atoms with Crippen LogP contribution in [-0.4, -0.2) is 20.4 Å². The number of carbonyl (C=O) groups is 1. The van der Waals surface area contributed by atoms with Gasteiger partial charge in [-0.15, -0.1) is 0 Å². The van der Waals surface area contributed by atoms with Crippen LogP contribution in [0.3, 0.4) is 0 Å². The van der Waals surface area contributed by atoms with E-state index in [1.807, 2.05) is 13.8 Å². The summed E-state index contributed by atoms with van der Waals surface area (Å²) in [7, 11) is -3.87. The number of carboxylic acid groups (broad SMARTS) is 1. The lowest BCUT2D eigenvalue weighted by molar-refractivity contribution is -0.308. The number of rotatable bonds is 6. The van der Waals surface area contributed by atoms with Crippen LogP contribution >= 0.6 is 0 Å². The van der Waals surface area contributed by atoms with Crippen LogP contribution in [0.4, 0.5) is 0 Å². The Bertz CT molecular complexity index is 593. The number of aliphatic carboxylic acids is 1. The third-order valence-corrected chi connectivity index (χ3v) is 4.54. The van der Waals surface area contributed by atoms with Gasteiger partial charge in [-0.25, -0.2) is 13.1 Å². The van der Waals surface area contributed by atoms with E-state index < -0.39 is 22.0 Å². The van der Waals surface area contributed by atoms with Gasteiger partial charge in [-0.05, 0) is 43.4 Å². The number of benzene rings is 1. The summed E-state index contributed by atoms with van der Waals surface area (Å²) in [5.74, 6) is -1.37. The van der Waals surface area contributed by atoms with Gasteiger partial charge in [0.15, 0.2) is 0 Å². The highest BCUT2D eigenvalue weighted by Crippen LogP contribution is 2.18. The van der Waals surface area contributed by atoms with Crippen molar-refractivity contribution < 1.29 is 18.3 Å². The van der Waals surface area contributed by atoms with Crippen molar-refractivity contribution in [1.29, 1.82) is 0 Å². The van der Waals surface area contributed by atoms with Gasteiger partial charge >= 0.3 is 0 Å². The van der Waals surface area contributed by atoms with Gasteiger partial charge in [0, 0.05) is 0 Å². The molecule has 0 saturated heterocycles. The molecule has 1 atom stereocenters. The fourth-order valence-corrected chi connectivity index (χ4v) is 3.44. The number of hydrogen-bond donors (Lipinski definition) is 1. The Balaban J connectivity index is 3.09. The van der Waals surface area contributed by atoms with Crippen LogP contribution in [0.2, 0.25) is 0 Å². The van der Waals surface area contributed by atoms with E-state index in [1.165, 1.54) is 6.07 Å². The van der Waals surface area contributed by atoms with E-state index in [2.05, 4.69) is 4.72 Å². The molecule has 0 aliphatic heterocycles. The van der Waals surface area contributed by atoms with E-state index >= 15 is 0 Å². The molecule has 112 valence electrons. The van der Waals surface area contributed by atoms with Crippen molar-refractivity contribution in [3.05, 3.63) is 29.3 Å². The van der Waals surface area contributed by atoms with Crippen LogP contribution in [-0.2, 0) is 14.8 Å². The van der Waals surface area contributed by atoms with E-state index in [4.69, 9.17) is 0 Å². The SMILES string of the molecule is Cc1ccc(C)c(S(=O)(=O)NC(CC(C)C)C(=O)[O-])c1. The Hall–Kier alpha value is -1.40. The second-order valence-electron chi connectivity index (χ2n) is 5.39. The Morgan fingerprint density at radius 2 is 1.90 bits per heavy atom. The van der Waals surface area contributed by atoms with E-state index in [-0.39, 0.29) is 17.2 Å². The van der Waals surface area contributed by atoms with Gasteiger partial charge in [-0.1, -0.05) is 26.0 Å². The van der Waals surface area contributed by atoms with E-state index in [0.29, 0.717) is 5.56 Å². The predicted octanol–water partition coefficient (Wildman–Crippen LogP) is 0.746. The van der Waals surface area contributed by atoms with Crippen molar-refractivity contribution >= 4 is 16.0 Å². The first-order valence-electron chi connectivity index (χ1n) is 6.44. The molecule has 0 saturated carbocycles. The Morgan fingerprint density at radius 3 is 2.40 bits per heavy atom. The predicted molar refractivity (Wildman–Crippen MR) is 74.5 cm³/mol. The largest absolute Gasteiger partial charge is 0.548 e. The molecular formula is C14H20NO4S-. The number of nitrogens with one attached hydrogen (secondary N) is 1. The first kappa shape index (κ1) is 16.7. The summed E-state index contributed by atoms with van der Waals surface area (Å²) in [5, 5.41) is 11.1. The van der Waals surface area contributed by atoms with Crippen molar-refractivity contribution in [2.75, 3.05) is 0 Å². The monoisotopic (exact) mass is 298 g/mol. The maximum absolute atomic E-state index is 12.3. The standard InChI is InChI=1S/C14H21NO4S/c1-9(2)7-12(14(16)17)15-20(18,19)13-8-10(3)5-6-11(13)4/h5-6,8-9,12,15H,7H2,1-4H3,(H,16,17)/p-1. The molecule has 0 fully saturated rings. The second kappa shape index (κ2) is 6.37. The van der Waals surface area contributed by atoms with E-state index in [9.17, 15) is 18.3 Å². The van der Waals surface area contributed by atoms with Gasteiger partial charge in [0.1, 0.15) is 0 Å². The number of aryl methyl sites for hydroxylation is 2. The van der Waals surface area contributed by atoms with Crippen LogP contribution in [0.1, 0.15) is 31.4 Å². The van der Waals surface area contributed by atoms with Crippen molar-refractivity contribution in [2.24, 2.45) is 5.92 Å². The Morgan fingerprint density at radius 1 is 1.30 bits per heavy atom. The molecule has 0 aliphatic rings. The van der Waals surface area contributed by atoms with Gasteiger partial charge in [-0.3, -0.25) is 0 Å². The summed E-state index contributed by atoms with van der Waals surface area (Å²) >= 11 is 0. The zero-order valence-electron chi connectivity index (χ0n) is 12.1. The number of carbonyl (C=O) groups excluding carboxylic acids is 1. The summed E-state index contributed by atoms with van der Waals surface area (Å²) in [4.78, 5) is 11.2. The van der Waals surface area contributed by atoms with Gasteiger partial charge in [0.25, 0.3) is 0 Å². The van der Waals surface area contributed by atoms with Gasteiger partial charge in [0.2, 0.25) is 10.0 Å². The molecule has 6 heteroatoms. The Labute approximate surface area is 120 Å². The van der Waals surface area contributed by atoms with E-state index in [1.54, 1.807) is 26.0 Å². The molecule has 0 heterocycles. The molecule has 0 aliphatic carbocycles. The molecule has 1 rings (SSSR count). The molecule has 0 radical (unpaired) electrons. The lowest BCUT2D eigenvalue weighted by Gasteiger charge is -2.22. The van der Waals surface area contributed by atoms with Crippen molar-refractivity contribution in [3.63, 3.8) is 0 Å². The highest BCUT2D eigenvalue weighted by atomic mass is 32.2. The van der Waals surface area contributed by atoms with Crippen LogP contribution in [0, 0.1) is 19.8 Å². The number of hydrogen-bond acceptors (Lipinski definition) is 4. The smallest absolute Gasteiger partial charge is 0.241 e. The molecule has 0 bridgehead atoms. The minimum absolute atomic E-state index is 0.0409. The molecule has 0 spiro atoms. The van der Waals surface area contributed by atoms with Gasteiger partial charge in [0.05, 0.1) is 16.9 Å². The summed E-state index contributed by atoms with van der Waals surface area (Å²) < 4.78 is 26.8. The summed E-state index contributed by atoms with van der Waals surface area (Å²) in [5.41, 5.74) is 1.37. The third kappa shape index (κ3) is 4.31. The van der Waals surface area contributed by atoms with E-state index in [0.717, 1.165) is 5.56 Å². The summed E-state index contributed by atoms with van der Waals surface area (Å²) in [6, 6.07) is 3.80. The minimum Gasteiger partial charge on any atom is -0.548 e. The van der Waals surface area contributed by atoms with Crippen molar-refractivity contribution in [1.82, 2.24) is 4.72 Å². The van der Waals surface area contributed by atoms with Crippen LogP contribution in [0.25, 0.3) is 0 Å². The fourth-order valence-electron chi connectivity index (χ4n) is 1.91. The summed E-state index contributed by atoms with van der Waals surface area (Å²) in [6.07, 6.45) is 0.187. The first-order chi connectivity index (χ1) is 9.13. The molecule has 5 nitrogen and oxygen atoms in total. The Kier molecular flexibility index (Phi) is 5.30. The number of carboxylic acids is 1. The normalized spacial score (nSPS) is 13.4. The topological polar surface area (TPSA) is 86.3 Å². The fraction of sp³-hybridized carbons (Fsp3) is 0.500. The molecule has 0 amide bonds. The van der Waals surface area contributed by atoms with Gasteiger partial charge < -0.3 is 9.90 Å². The van der Waals surface area contributed by atoms with Gasteiger partial charge in [-0.2, -0.15) is 0 Å². The molecule has 0 aromatic heterocycles. The zero-order valence-corrected chi connectivity index (χ0v) is 13.0. The van der Waals surface area contributed by atoms with Crippen molar-refractivity contribution in [3.8, 4) is 0 Å². The second-order valence-corrected chi connectivity index (χ2v) is 7.07. The highest BCUT2D eigenvalue weighted by Gasteiger charge is 2.23. The lowest BCUT2D eigenvalue weighted by atomic mass is 10.1. The zero-order chi connectivity index (χ0) is 15.5. The lowest BCUT2D eigenvalue weighted by Crippen LogP contribution is -2.48. The molecular weight excluding hydrogens is 278 g/mol. The minimum atomic E-state index is -3.87. The van der Waals surface area contributed by atoms with Crippen molar-refractivity contribution in [2.45, 2.75) is 45.1 Å². The molecule has 20 heavy (non-hydrogen) atoms. The highest BCUT2D eigenvalue weighted by molar-refractivity contribution is 7.89. The maximum atomic E-state index is 12.3. The maximum Gasteiger partial charge on any atom is 0.241 e. The number of sulfonamides is 1. The molecule has 1 aromatic rings. The first-order valence-corrected chi connectivity index (χ1v) is 7.92. The average molecular weight is 298 g/mol. The average Bonchev–Trinajstić information content (AvgIpc) is 2.30. The molecule has 1 unspecified atom stereocenters. The third-order valence-electron chi connectivity index (χ3n) is 2.92.